The minimum absolute atomic E-state index is 0.175. The number of nitrogens with zero attached hydrogens (tertiary/aromatic N) is 3. The van der Waals surface area contributed by atoms with Gasteiger partial charge in [0.15, 0.2) is 0 Å². The molecule has 0 radical (unpaired) electrons. The van der Waals surface area contributed by atoms with Crippen LogP contribution in [0, 0.1) is 11.8 Å². The van der Waals surface area contributed by atoms with Crippen LogP contribution in [0.25, 0.3) is 10.9 Å². The number of fused-ring (bicyclic) bond motifs is 1. The number of unbranched alkanes of at least 4 members (excludes halogenated alkanes) is 2. The Kier molecular flexibility index (Phi) is 10.4. The van der Waals surface area contributed by atoms with Crippen molar-refractivity contribution in [2.45, 2.75) is 64.0 Å². The highest BCUT2D eigenvalue weighted by Gasteiger charge is 2.30. The van der Waals surface area contributed by atoms with E-state index in [9.17, 15) is 9.90 Å². The Morgan fingerprint density at radius 3 is 2.74 bits per heavy atom. The largest absolute Gasteiger partial charge is 0.497 e. The van der Waals surface area contributed by atoms with Crippen molar-refractivity contribution >= 4 is 16.9 Å². The molecule has 1 aliphatic rings. The number of hydrogen-bond acceptors (Lipinski definition) is 5. The number of rotatable bonds is 14. The molecule has 1 aliphatic heterocycles. The van der Waals surface area contributed by atoms with Crippen LogP contribution in [-0.4, -0.2) is 52.7 Å². The summed E-state index contributed by atoms with van der Waals surface area (Å²) in [7, 11) is 1.61. The third kappa shape index (κ3) is 7.97. The van der Waals surface area contributed by atoms with Gasteiger partial charge in [0.05, 0.1) is 12.6 Å². The first kappa shape index (κ1) is 28.0. The van der Waals surface area contributed by atoms with Crippen LogP contribution in [0.15, 0.2) is 55.0 Å². The maximum Gasteiger partial charge on any atom is 0.303 e. The molecule has 4 rings (SSSR count). The molecule has 1 fully saturated rings. The van der Waals surface area contributed by atoms with E-state index in [2.05, 4.69) is 27.0 Å². The number of aromatic nitrogens is 2. The third-order valence-electron chi connectivity index (χ3n) is 8.00. The molecule has 0 bridgehead atoms. The normalized spacial score (nSPS) is 18.9. The van der Waals surface area contributed by atoms with Crippen molar-refractivity contribution in [1.29, 1.82) is 0 Å². The first-order valence-electron chi connectivity index (χ1n) is 13.9. The molecule has 3 heterocycles. The summed E-state index contributed by atoms with van der Waals surface area (Å²) in [5, 5.41) is 10.1. The highest BCUT2D eigenvalue weighted by molar-refractivity contribution is 5.83. The zero-order chi connectivity index (χ0) is 26.7. The first-order chi connectivity index (χ1) is 18.5. The number of halogens is 1. The van der Waals surface area contributed by atoms with Crippen molar-refractivity contribution in [3.8, 4) is 5.75 Å². The van der Waals surface area contributed by atoms with Crippen molar-refractivity contribution in [3.63, 3.8) is 0 Å². The number of hydrogen-bond donors (Lipinski definition) is 1. The van der Waals surface area contributed by atoms with Crippen LogP contribution in [-0.2, 0) is 11.2 Å². The SMILES string of the molecule is COc1ccc2nccc([C@H](F)CC[C@@H]3CCN(CCCCCc4ccncc4)C[C@H]3CCC(=O)O)c2c1. The van der Waals surface area contributed by atoms with Gasteiger partial charge in [-0.1, -0.05) is 6.42 Å². The number of pyridine rings is 2. The molecule has 0 aliphatic carbocycles. The molecule has 6 nitrogen and oxygen atoms in total. The Labute approximate surface area is 225 Å². The fourth-order valence-electron chi connectivity index (χ4n) is 5.83. The van der Waals surface area contributed by atoms with E-state index in [-0.39, 0.29) is 12.3 Å². The molecule has 1 saturated heterocycles. The summed E-state index contributed by atoms with van der Waals surface area (Å²) in [6.07, 6.45) is 11.9. The topological polar surface area (TPSA) is 75.5 Å². The van der Waals surface area contributed by atoms with E-state index in [4.69, 9.17) is 4.74 Å². The van der Waals surface area contributed by atoms with Crippen LogP contribution >= 0.6 is 0 Å². The Morgan fingerprint density at radius 2 is 1.95 bits per heavy atom. The molecule has 0 unspecified atom stereocenters. The summed E-state index contributed by atoms with van der Waals surface area (Å²) < 4.78 is 20.9. The maximum atomic E-state index is 15.6. The second kappa shape index (κ2) is 14.2. The monoisotopic (exact) mass is 521 g/mol. The first-order valence-corrected chi connectivity index (χ1v) is 13.9. The predicted octanol–water partition coefficient (Wildman–Crippen LogP) is 6.65. The summed E-state index contributed by atoms with van der Waals surface area (Å²) >= 11 is 0. The van der Waals surface area contributed by atoms with Gasteiger partial charge in [-0.15, -0.1) is 0 Å². The number of alkyl halides is 1. The van der Waals surface area contributed by atoms with Gasteiger partial charge in [-0.3, -0.25) is 14.8 Å². The van der Waals surface area contributed by atoms with Gasteiger partial charge in [-0.2, -0.15) is 0 Å². The van der Waals surface area contributed by atoms with Gasteiger partial charge in [-0.05, 0) is 117 Å². The van der Waals surface area contributed by atoms with Gasteiger partial charge in [0.2, 0.25) is 0 Å². The third-order valence-corrected chi connectivity index (χ3v) is 8.00. The van der Waals surface area contributed by atoms with Crippen molar-refractivity contribution < 1.29 is 19.0 Å². The number of methoxy groups -OCH3 is 1. The second-order valence-corrected chi connectivity index (χ2v) is 10.5. The number of likely N-dealkylation sites (tertiary alicyclic amines) is 1. The number of carbonyl (C=O) groups is 1. The molecule has 7 heteroatoms. The van der Waals surface area contributed by atoms with E-state index in [1.54, 1.807) is 19.4 Å². The van der Waals surface area contributed by atoms with Gasteiger partial charge >= 0.3 is 5.97 Å². The summed E-state index contributed by atoms with van der Waals surface area (Å²) in [6, 6.07) is 11.5. The molecule has 0 saturated carbocycles. The average molecular weight is 522 g/mol. The van der Waals surface area contributed by atoms with E-state index in [0.717, 1.165) is 62.6 Å². The van der Waals surface area contributed by atoms with Crippen LogP contribution in [0.3, 0.4) is 0 Å². The lowest BCUT2D eigenvalue weighted by Gasteiger charge is -2.39. The number of piperidine rings is 1. The lowest BCUT2D eigenvalue weighted by atomic mass is 9.79. The van der Waals surface area contributed by atoms with Crippen molar-refractivity contribution in [3.05, 3.63) is 66.1 Å². The van der Waals surface area contributed by atoms with E-state index < -0.39 is 12.1 Å². The fraction of sp³-hybridized carbons (Fsp3) is 0.516. The number of ether oxygens (including phenoxy) is 1. The number of carboxylic acid groups (broad SMARTS) is 1. The predicted molar refractivity (Wildman–Crippen MR) is 148 cm³/mol. The van der Waals surface area contributed by atoms with Crippen molar-refractivity contribution in [2.75, 3.05) is 26.7 Å². The average Bonchev–Trinajstić information content (AvgIpc) is 2.95. The minimum atomic E-state index is -1.09. The molecule has 0 amide bonds. The van der Waals surface area contributed by atoms with Gasteiger partial charge < -0.3 is 14.7 Å². The van der Waals surface area contributed by atoms with Crippen LogP contribution in [0.1, 0.15) is 68.7 Å². The molecule has 0 spiro atoms. The zero-order valence-electron chi connectivity index (χ0n) is 22.4. The molecule has 2 aromatic heterocycles. The van der Waals surface area contributed by atoms with Crippen LogP contribution in [0.2, 0.25) is 0 Å². The van der Waals surface area contributed by atoms with Crippen molar-refractivity contribution in [1.82, 2.24) is 14.9 Å². The Bertz CT molecular complexity index is 1160. The lowest BCUT2D eigenvalue weighted by molar-refractivity contribution is -0.137. The second-order valence-electron chi connectivity index (χ2n) is 10.5. The standard InChI is InChI=1S/C31H40FN3O3/c1-38-26-8-10-30-28(21-26)27(14-18-34-30)29(32)9-6-24-15-20-35(22-25(24)7-11-31(36)37)19-4-2-3-5-23-12-16-33-17-13-23/h8,10,12-14,16-18,21,24-25,29H,2-7,9,11,15,19-20,22H2,1H3,(H,36,37)/t24-,25-,29-/m1/s1. The Balaban J connectivity index is 1.29. The molecule has 38 heavy (non-hydrogen) atoms. The number of aliphatic carboxylic acids is 1. The van der Waals surface area contributed by atoms with Gasteiger partial charge in [0, 0.05) is 36.9 Å². The number of carboxylic acids is 1. The molecule has 1 aromatic carbocycles. The summed E-state index contributed by atoms with van der Waals surface area (Å²) in [5.41, 5.74) is 2.75. The van der Waals surface area contributed by atoms with Gasteiger partial charge in [0.1, 0.15) is 11.9 Å². The van der Waals surface area contributed by atoms with Crippen LogP contribution in [0.5, 0.6) is 5.75 Å². The highest BCUT2D eigenvalue weighted by Crippen LogP contribution is 2.36. The Morgan fingerprint density at radius 1 is 1.11 bits per heavy atom. The maximum absolute atomic E-state index is 15.6. The van der Waals surface area contributed by atoms with E-state index in [1.165, 1.54) is 12.0 Å². The molecular weight excluding hydrogens is 481 g/mol. The lowest BCUT2D eigenvalue weighted by Crippen LogP contribution is -2.41. The zero-order valence-corrected chi connectivity index (χ0v) is 22.4. The minimum Gasteiger partial charge on any atom is -0.497 e. The van der Waals surface area contributed by atoms with E-state index >= 15 is 4.39 Å². The summed E-state index contributed by atoms with van der Waals surface area (Å²) in [4.78, 5) is 22.3. The van der Waals surface area contributed by atoms with E-state index in [1.807, 2.05) is 30.6 Å². The van der Waals surface area contributed by atoms with Crippen LogP contribution in [0.4, 0.5) is 4.39 Å². The Hall–Kier alpha value is -3.06. The van der Waals surface area contributed by atoms with Crippen LogP contribution < -0.4 is 4.74 Å². The molecular formula is C31H40FN3O3. The smallest absolute Gasteiger partial charge is 0.303 e. The molecule has 204 valence electrons. The number of aryl methyl sites for hydroxylation is 1. The summed E-state index contributed by atoms with van der Waals surface area (Å²) in [5.74, 6) is 0.575. The van der Waals surface area contributed by atoms with Gasteiger partial charge in [-0.25, -0.2) is 4.39 Å². The van der Waals surface area contributed by atoms with Gasteiger partial charge in [0.25, 0.3) is 0 Å². The number of benzene rings is 1. The molecule has 3 atom stereocenters. The highest BCUT2D eigenvalue weighted by atomic mass is 19.1. The molecule has 1 N–H and O–H groups in total. The quantitative estimate of drug-likeness (QED) is 0.240. The van der Waals surface area contributed by atoms with Crippen molar-refractivity contribution in [2.24, 2.45) is 11.8 Å². The van der Waals surface area contributed by atoms with E-state index in [0.29, 0.717) is 30.1 Å². The molecule has 3 aromatic rings. The fourth-order valence-corrected chi connectivity index (χ4v) is 5.83. The summed E-state index contributed by atoms with van der Waals surface area (Å²) in [6.45, 7) is 2.96.